The highest BCUT2D eigenvalue weighted by atomic mass is 14.6. The van der Waals surface area contributed by atoms with E-state index in [1.165, 1.54) is 0 Å². The minimum atomic E-state index is -0.405. The summed E-state index contributed by atoms with van der Waals surface area (Å²) in [5.74, 6) is 0. The number of nitrogens with zero attached hydrogens (tertiary/aromatic N) is 2. The summed E-state index contributed by atoms with van der Waals surface area (Å²) in [5, 5.41) is 8.41. The van der Waals surface area contributed by atoms with E-state index in [9.17, 15) is 0 Å². The Morgan fingerprint density at radius 1 is 1.55 bits per heavy atom. The molecule has 0 radical (unpaired) electrons. The van der Waals surface area contributed by atoms with Crippen molar-refractivity contribution in [3.05, 3.63) is 30.1 Å². The zero-order chi connectivity index (χ0) is 8.10. The SMILES string of the molecule is N#CC(N)Cc1ccncc1. The summed E-state index contributed by atoms with van der Waals surface area (Å²) in [6.45, 7) is 0. The van der Waals surface area contributed by atoms with Gasteiger partial charge >= 0.3 is 0 Å². The van der Waals surface area contributed by atoms with Gasteiger partial charge < -0.3 is 5.73 Å². The molecule has 56 valence electrons. The molecule has 1 unspecified atom stereocenters. The van der Waals surface area contributed by atoms with Crippen LogP contribution in [0, 0.1) is 11.3 Å². The Kier molecular flexibility index (Phi) is 2.59. The van der Waals surface area contributed by atoms with Crippen LogP contribution in [-0.4, -0.2) is 11.0 Å². The lowest BCUT2D eigenvalue weighted by Gasteiger charge is -2.00. The first-order valence-corrected chi connectivity index (χ1v) is 3.37. The van der Waals surface area contributed by atoms with Crippen molar-refractivity contribution >= 4 is 0 Å². The maximum absolute atomic E-state index is 8.41. The molecule has 0 spiro atoms. The van der Waals surface area contributed by atoms with Crippen molar-refractivity contribution in [3.8, 4) is 6.07 Å². The van der Waals surface area contributed by atoms with Crippen LogP contribution < -0.4 is 5.73 Å². The first-order valence-electron chi connectivity index (χ1n) is 3.37. The summed E-state index contributed by atoms with van der Waals surface area (Å²) >= 11 is 0. The molecule has 3 heteroatoms. The minimum Gasteiger partial charge on any atom is -0.316 e. The second-order valence-electron chi connectivity index (χ2n) is 2.30. The third kappa shape index (κ3) is 2.36. The number of nitriles is 1. The fourth-order valence-electron chi connectivity index (χ4n) is 0.818. The molecule has 0 fully saturated rings. The predicted molar refractivity (Wildman–Crippen MR) is 41.5 cm³/mol. The smallest absolute Gasteiger partial charge is 0.0968 e. The molecule has 0 aliphatic carbocycles. The maximum Gasteiger partial charge on any atom is 0.0968 e. The monoisotopic (exact) mass is 147 g/mol. The molecule has 0 aromatic carbocycles. The Labute approximate surface area is 65.5 Å². The van der Waals surface area contributed by atoms with Crippen LogP contribution in [0.1, 0.15) is 5.56 Å². The third-order valence-electron chi connectivity index (χ3n) is 1.37. The van der Waals surface area contributed by atoms with E-state index in [0.717, 1.165) is 5.56 Å². The number of rotatable bonds is 2. The number of hydrogen-bond donors (Lipinski definition) is 1. The molecule has 1 heterocycles. The van der Waals surface area contributed by atoms with Gasteiger partial charge in [-0.2, -0.15) is 5.26 Å². The van der Waals surface area contributed by atoms with Gasteiger partial charge in [0.2, 0.25) is 0 Å². The molecule has 2 N–H and O–H groups in total. The van der Waals surface area contributed by atoms with E-state index >= 15 is 0 Å². The van der Waals surface area contributed by atoms with Crippen LogP contribution in [0.2, 0.25) is 0 Å². The lowest BCUT2D eigenvalue weighted by Crippen LogP contribution is -2.19. The Bertz CT molecular complexity index is 250. The Balaban J connectivity index is 2.60. The molecule has 0 aliphatic rings. The van der Waals surface area contributed by atoms with Gasteiger partial charge in [0.05, 0.1) is 12.1 Å². The second kappa shape index (κ2) is 3.69. The topological polar surface area (TPSA) is 62.7 Å². The minimum absolute atomic E-state index is 0.405. The second-order valence-corrected chi connectivity index (χ2v) is 2.30. The summed E-state index contributed by atoms with van der Waals surface area (Å²) in [6.07, 6.45) is 3.98. The van der Waals surface area contributed by atoms with Crippen LogP contribution in [0.3, 0.4) is 0 Å². The van der Waals surface area contributed by atoms with E-state index in [4.69, 9.17) is 11.0 Å². The van der Waals surface area contributed by atoms with Gasteiger partial charge in [-0.3, -0.25) is 4.98 Å². The van der Waals surface area contributed by atoms with Gasteiger partial charge in [-0.25, -0.2) is 0 Å². The Morgan fingerprint density at radius 2 is 2.18 bits per heavy atom. The summed E-state index contributed by atoms with van der Waals surface area (Å²) in [5.41, 5.74) is 6.47. The zero-order valence-corrected chi connectivity index (χ0v) is 6.07. The van der Waals surface area contributed by atoms with Gasteiger partial charge in [-0.1, -0.05) is 0 Å². The van der Waals surface area contributed by atoms with E-state index in [0.29, 0.717) is 6.42 Å². The highest BCUT2D eigenvalue weighted by Crippen LogP contribution is 1.98. The van der Waals surface area contributed by atoms with Crippen LogP contribution in [0.4, 0.5) is 0 Å². The fourth-order valence-corrected chi connectivity index (χ4v) is 0.818. The van der Waals surface area contributed by atoms with Gasteiger partial charge in [-0.15, -0.1) is 0 Å². The number of pyridine rings is 1. The quantitative estimate of drug-likeness (QED) is 0.661. The lowest BCUT2D eigenvalue weighted by atomic mass is 10.1. The molecule has 11 heavy (non-hydrogen) atoms. The highest BCUT2D eigenvalue weighted by Gasteiger charge is 1.99. The number of nitrogens with two attached hydrogens (primary N) is 1. The van der Waals surface area contributed by atoms with E-state index in [1.807, 2.05) is 18.2 Å². The molecule has 1 atom stereocenters. The van der Waals surface area contributed by atoms with Crippen LogP contribution in [0.5, 0.6) is 0 Å². The number of aromatic nitrogens is 1. The largest absolute Gasteiger partial charge is 0.316 e. The van der Waals surface area contributed by atoms with Gasteiger partial charge in [0, 0.05) is 18.8 Å². The van der Waals surface area contributed by atoms with E-state index in [2.05, 4.69) is 4.98 Å². The zero-order valence-electron chi connectivity index (χ0n) is 6.07. The molecule has 0 aliphatic heterocycles. The average Bonchev–Trinajstić information content (AvgIpc) is 2.06. The third-order valence-corrected chi connectivity index (χ3v) is 1.37. The van der Waals surface area contributed by atoms with Crippen molar-refractivity contribution in [2.75, 3.05) is 0 Å². The highest BCUT2D eigenvalue weighted by molar-refractivity contribution is 5.13. The van der Waals surface area contributed by atoms with Crippen molar-refractivity contribution in [3.63, 3.8) is 0 Å². The van der Waals surface area contributed by atoms with Gasteiger partial charge in [-0.05, 0) is 17.7 Å². The van der Waals surface area contributed by atoms with Gasteiger partial charge in [0.25, 0.3) is 0 Å². The Morgan fingerprint density at radius 3 is 2.73 bits per heavy atom. The maximum atomic E-state index is 8.41. The molecular weight excluding hydrogens is 138 g/mol. The predicted octanol–water partition coefficient (Wildman–Crippen LogP) is 0.475. The van der Waals surface area contributed by atoms with Crippen molar-refractivity contribution in [1.82, 2.24) is 4.98 Å². The van der Waals surface area contributed by atoms with Crippen molar-refractivity contribution in [2.45, 2.75) is 12.5 Å². The first-order chi connectivity index (χ1) is 5.33. The average molecular weight is 147 g/mol. The van der Waals surface area contributed by atoms with Gasteiger partial charge in [0.1, 0.15) is 0 Å². The van der Waals surface area contributed by atoms with Crippen LogP contribution in [0.15, 0.2) is 24.5 Å². The van der Waals surface area contributed by atoms with Crippen molar-refractivity contribution < 1.29 is 0 Å². The van der Waals surface area contributed by atoms with E-state index < -0.39 is 6.04 Å². The van der Waals surface area contributed by atoms with Crippen LogP contribution >= 0.6 is 0 Å². The Hall–Kier alpha value is -1.40. The fraction of sp³-hybridized carbons (Fsp3) is 0.250. The van der Waals surface area contributed by atoms with Crippen molar-refractivity contribution in [1.29, 1.82) is 5.26 Å². The molecule has 0 bridgehead atoms. The van der Waals surface area contributed by atoms with Crippen molar-refractivity contribution in [2.24, 2.45) is 5.73 Å². The standard InChI is InChI=1S/C8H9N3/c9-6-8(10)5-7-1-3-11-4-2-7/h1-4,8H,5,10H2. The summed E-state index contributed by atoms with van der Waals surface area (Å²) in [4.78, 5) is 3.85. The molecule has 0 saturated heterocycles. The molecule has 3 nitrogen and oxygen atoms in total. The molecular formula is C8H9N3. The van der Waals surface area contributed by atoms with E-state index in [1.54, 1.807) is 12.4 Å². The molecule has 1 aromatic heterocycles. The number of hydrogen-bond acceptors (Lipinski definition) is 3. The summed E-state index contributed by atoms with van der Waals surface area (Å²) in [6, 6.07) is 5.28. The van der Waals surface area contributed by atoms with Crippen LogP contribution in [-0.2, 0) is 6.42 Å². The van der Waals surface area contributed by atoms with Gasteiger partial charge in [0.15, 0.2) is 0 Å². The molecule has 0 amide bonds. The summed E-state index contributed by atoms with van der Waals surface area (Å²) in [7, 11) is 0. The van der Waals surface area contributed by atoms with E-state index in [-0.39, 0.29) is 0 Å². The molecule has 1 rings (SSSR count). The molecule has 1 aromatic rings. The molecule has 0 saturated carbocycles. The normalized spacial score (nSPS) is 12.0. The van der Waals surface area contributed by atoms with Crippen LogP contribution in [0.25, 0.3) is 0 Å². The first kappa shape index (κ1) is 7.70. The summed E-state index contributed by atoms with van der Waals surface area (Å²) < 4.78 is 0. The lowest BCUT2D eigenvalue weighted by molar-refractivity contribution is 0.821.